The minimum Gasteiger partial charge on any atom is -0.322 e. The van der Waals surface area contributed by atoms with Crippen molar-refractivity contribution in [2.45, 2.75) is 27.1 Å². The molecule has 1 fully saturated rings. The number of benzene rings is 1. The third-order valence-corrected chi connectivity index (χ3v) is 5.18. The van der Waals surface area contributed by atoms with Crippen LogP contribution in [0.3, 0.4) is 0 Å². The van der Waals surface area contributed by atoms with Crippen molar-refractivity contribution in [3.63, 3.8) is 0 Å². The molecule has 0 unspecified atom stereocenters. The van der Waals surface area contributed by atoms with Gasteiger partial charge in [0.2, 0.25) is 0 Å². The molecule has 0 amide bonds. The maximum Gasteiger partial charge on any atom is 0.312 e. The lowest BCUT2D eigenvalue weighted by molar-refractivity contribution is -1.03. The van der Waals surface area contributed by atoms with Crippen molar-refractivity contribution in [3.05, 3.63) is 56.4 Å². The summed E-state index contributed by atoms with van der Waals surface area (Å²) in [5.74, 6) is 0. The number of aryl methyl sites for hydroxylation is 1. The summed E-state index contributed by atoms with van der Waals surface area (Å²) >= 11 is 5.94. The van der Waals surface area contributed by atoms with Crippen molar-refractivity contribution in [1.82, 2.24) is 9.78 Å². The second kappa shape index (κ2) is 7.51. The van der Waals surface area contributed by atoms with Gasteiger partial charge in [-0.2, -0.15) is 5.10 Å². The number of nitro groups is 1. The zero-order valence-corrected chi connectivity index (χ0v) is 15.3. The van der Waals surface area contributed by atoms with E-state index in [0.29, 0.717) is 18.1 Å². The van der Waals surface area contributed by atoms with Gasteiger partial charge in [0.1, 0.15) is 44.1 Å². The molecule has 0 spiro atoms. The van der Waals surface area contributed by atoms with E-state index < -0.39 is 0 Å². The van der Waals surface area contributed by atoms with Crippen LogP contribution in [0.2, 0.25) is 5.02 Å². The Hall–Kier alpha value is -1.96. The first kappa shape index (κ1) is 17.8. The summed E-state index contributed by atoms with van der Waals surface area (Å²) in [6.07, 6.45) is 0. The zero-order valence-electron chi connectivity index (χ0n) is 14.6. The Balaban J connectivity index is 1.55. The van der Waals surface area contributed by atoms with Crippen LogP contribution in [0.15, 0.2) is 24.3 Å². The summed E-state index contributed by atoms with van der Waals surface area (Å²) in [6.45, 7) is 9.41. The maximum absolute atomic E-state index is 11.1. The highest BCUT2D eigenvalue weighted by atomic mass is 35.5. The minimum atomic E-state index is -0.336. The van der Waals surface area contributed by atoms with Crippen molar-refractivity contribution in [1.29, 1.82) is 0 Å². The predicted octanol–water partition coefficient (Wildman–Crippen LogP) is 0.00264. The quantitative estimate of drug-likeness (QED) is 0.579. The summed E-state index contributed by atoms with van der Waals surface area (Å²) < 4.78 is 1.78. The SMILES string of the molecule is Cc1nn(C[NH+]2CC[NH+](Cc3ccc(Cl)cc3)CC2)c(C)c1[N+](=O)[O-]. The normalized spacial score (nSPS) is 20.6. The third-order valence-electron chi connectivity index (χ3n) is 4.93. The molecule has 134 valence electrons. The summed E-state index contributed by atoms with van der Waals surface area (Å²) in [4.78, 5) is 13.8. The molecule has 1 aliphatic rings. The lowest BCUT2D eigenvalue weighted by Gasteiger charge is -2.29. The smallest absolute Gasteiger partial charge is 0.312 e. The molecule has 0 bridgehead atoms. The van der Waals surface area contributed by atoms with Crippen LogP contribution in [0.5, 0.6) is 0 Å². The van der Waals surface area contributed by atoms with Crippen LogP contribution in [0.25, 0.3) is 0 Å². The van der Waals surface area contributed by atoms with E-state index in [4.69, 9.17) is 11.6 Å². The van der Waals surface area contributed by atoms with Crippen molar-refractivity contribution >= 4 is 17.3 Å². The van der Waals surface area contributed by atoms with Crippen molar-refractivity contribution in [2.75, 3.05) is 26.2 Å². The molecular formula is C17H24ClN5O2+2. The van der Waals surface area contributed by atoms with Gasteiger partial charge in [-0.15, -0.1) is 0 Å². The molecule has 2 heterocycles. The molecule has 1 aliphatic heterocycles. The van der Waals surface area contributed by atoms with Gasteiger partial charge >= 0.3 is 5.69 Å². The fraction of sp³-hybridized carbons (Fsp3) is 0.471. The van der Waals surface area contributed by atoms with Gasteiger partial charge in [0.05, 0.1) is 4.92 Å². The average molecular weight is 366 g/mol. The molecule has 25 heavy (non-hydrogen) atoms. The van der Waals surface area contributed by atoms with Crippen LogP contribution in [0.4, 0.5) is 5.69 Å². The van der Waals surface area contributed by atoms with Gasteiger partial charge in [0.25, 0.3) is 0 Å². The largest absolute Gasteiger partial charge is 0.322 e. The van der Waals surface area contributed by atoms with E-state index in [1.54, 1.807) is 23.4 Å². The molecular weight excluding hydrogens is 342 g/mol. The summed E-state index contributed by atoms with van der Waals surface area (Å²) in [7, 11) is 0. The van der Waals surface area contributed by atoms with Crippen LogP contribution in [-0.2, 0) is 13.2 Å². The Morgan fingerprint density at radius 2 is 1.76 bits per heavy atom. The summed E-state index contributed by atoms with van der Waals surface area (Å²) in [5, 5.41) is 16.2. The van der Waals surface area contributed by atoms with Crippen LogP contribution in [0.1, 0.15) is 17.0 Å². The van der Waals surface area contributed by atoms with E-state index in [1.807, 2.05) is 12.1 Å². The fourth-order valence-electron chi connectivity index (χ4n) is 3.50. The number of hydrogen-bond acceptors (Lipinski definition) is 3. The zero-order chi connectivity index (χ0) is 18.0. The Kier molecular flexibility index (Phi) is 5.36. The highest BCUT2D eigenvalue weighted by molar-refractivity contribution is 6.30. The van der Waals surface area contributed by atoms with E-state index in [-0.39, 0.29) is 10.6 Å². The minimum absolute atomic E-state index is 0.145. The number of quaternary nitrogens is 2. The van der Waals surface area contributed by atoms with Gasteiger partial charge in [-0.05, 0) is 26.0 Å². The van der Waals surface area contributed by atoms with Crippen LogP contribution >= 0.6 is 11.6 Å². The van der Waals surface area contributed by atoms with Gasteiger partial charge in [0, 0.05) is 10.6 Å². The fourth-order valence-corrected chi connectivity index (χ4v) is 3.63. The van der Waals surface area contributed by atoms with Crippen molar-refractivity contribution < 1.29 is 14.7 Å². The molecule has 1 aromatic heterocycles. The van der Waals surface area contributed by atoms with E-state index in [0.717, 1.165) is 37.7 Å². The Labute approximate surface area is 151 Å². The summed E-state index contributed by atoms with van der Waals surface area (Å²) in [6, 6.07) is 8.05. The molecule has 0 aliphatic carbocycles. The number of nitrogens with zero attached hydrogens (tertiary/aromatic N) is 3. The number of hydrogen-bond donors (Lipinski definition) is 2. The molecule has 8 heteroatoms. The van der Waals surface area contributed by atoms with Gasteiger partial charge < -0.3 is 9.80 Å². The van der Waals surface area contributed by atoms with Crippen LogP contribution < -0.4 is 9.80 Å². The molecule has 2 N–H and O–H groups in total. The molecule has 0 atom stereocenters. The second-order valence-electron chi connectivity index (χ2n) is 6.74. The van der Waals surface area contributed by atoms with Gasteiger partial charge in [-0.1, -0.05) is 23.7 Å². The summed E-state index contributed by atoms with van der Waals surface area (Å²) in [5.41, 5.74) is 2.59. The first-order chi connectivity index (χ1) is 11.9. The molecule has 2 aromatic rings. The maximum atomic E-state index is 11.1. The van der Waals surface area contributed by atoms with E-state index in [2.05, 4.69) is 17.2 Å². The van der Waals surface area contributed by atoms with E-state index in [9.17, 15) is 10.1 Å². The van der Waals surface area contributed by atoms with E-state index >= 15 is 0 Å². The number of piperazine rings is 1. The molecule has 0 radical (unpaired) electrons. The lowest BCUT2D eigenvalue weighted by Crippen LogP contribution is -3.27. The monoisotopic (exact) mass is 365 g/mol. The van der Waals surface area contributed by atoms with Crippen molar-refractivity contribution in [2.24, 2.45) is 0 Å². The highest BCUT2D eigenvalue weighted by Gasteiger charge is 2.27. The second-order valence-corrected chi connectivity index (χ2v) is 7.17. The Morgan fingerprint density at radius 3 is 2.32 bits per heavy atom. The third kappa shape index (κ3) is 4.18. The lowest BCUT2D eigenvalue weighted by atomic mass is 10.2. The number of halogens is 1. The molecule has 1 aromatic carbocycles. The first-order valence-electron chi connectivity index (χ1n) is 8.54. The van der Waals surface area contributed by atoms with Gasteiger partial charge in [-0.3, -0.25) is 10.1 Å². The van der Waals surface area contributed by atoms with E-state index in [1.165, 1.54) is 10.5 Å². The molecule has 0 saturated carbocycles. The van der Waals surface area contributed by atoms with Gasteiger partial charge in [0.15, 0.2) is 6.67 Å². The number of nitrogens with one attached hydrogen (secondary N) is 2. The number of rotatable bonds is 5. The number of aromatic nitrogens is 2. The first-order valence-corrected chi connectivity index (χ1v) is 8.92. The highest BCUT2D eigenvalue weighted by Crippen LogP contribution is 2.20. The topological polar surface area (TPSA) is 69.8 Å². The molecule has 7 nitrogen and oxygen atoms in total. The predicted molar refractivity (Wildman–Crippen MR) is 94.9 cm³/mol. The molecule has 1 saturated heterocycles. The van der Waals surface area contributed by atoms with Gasteiger partial charge in [-0.25, -0.2) is 4.68 Å². The Morgan fingerprint density at radius 1 is 1.16 bits per heavy atom. The molecule has 3 rings (SSSR count). The van der Waals surface area contributed by atoms with Crippen LogP contribution in [0, 0.1) is 24.0 Å². The van der Waals surface area contributed by atoms with Crippen molar-refractivity contribution in [3.8, 4) is 0 Å². The standard InChI is InChI=1S/C17H22ClN5O2/c1-13-17(23(24)25)14(2)22(19-13)12-21-9-7-20(8-10-21)11-15-3-5-16(18)6-4-15/h3-6H,7-12H2,1-2H3/p+2. The Bertz CT molecular complexity index is 751. The average Bonchev–Trinajstić information content (AvgIpc) is 2.85. The van der Waals surface area contributed by atoms with Crippen LogP contribution in [-0.4, -0.2) is 40.9 Å².